The summed E-state index contributed by atoms with van der Waals surface area (Å²) in [5, 5.41) is 3.34. The molecule has 2 aromatic rings. The van der Waals surface area contributed by atoms with E-state index in [9.17, 15) is 9.59 Å². The average molecular weight is 430 g/mol. The molecule has 2 aliphatic rings. The molecule has 0 radical (unpaired) electrons. The molecular weight excluding hydrogens is 402 g/mol. The summed E-state index contributed by atoms with van der Waals surface area (Å²) in [6, 6.07) is 9.91. The van der Waals surface area contributed by atoms with Crippen molar-refractivity contribution in [2.75, 3.05) is 13.2 Å². The quantitative estimate of drug-likeness (QED) is 0.775. The lowest BCUT2D eigenvalue weighted by Gasteiger charge is -2.24. The van der Waals surface area contributed by atoms with Crippen molar-refractivity contribution in [1.82, 2.24) is 14.8 Å². The van der Waals surface area contributed by atoms with Crippen molar-refractivity contribution >= 4 is 23.4 Å². The second kappa shape index (κ2) is 8.82. The van der Waals surface area contributed by atoms with Crippen LogP contribution in [0.4, 0.5) is 0 Å². The van der Waals surface area contributed by atoms with Gasteiger partial charge < -0.3 is 19.5 Å². The van der Waals surface area contributed by atoms with E-state index in [0.717, 1.165) is 31.4 Å². The van der Waals surface area contributed by atoms with Crippen LogP contribution in [0.15, 0.2) is 30.3 Å². The number of halogens is 1. The van der Waals surface area contributed by atoms with Crippen LogP contribution in [0, 0.1) is 0 Å². The molecule has 0 spiro atoms. The molecule has 2 aliphatic heterocycles. The molecule has 2 amide bonds. The molecule has 2 atom stereocenters. The first-order valence-electron chi connectivity index (χ1n) is 10.7. The van der Waals surface area contributed by atoms with Crippen molar-refractivity contribution in [2.24, 2.45) is 0 Å². The maximum atomic E-state index is 13.3. The van der Waals surface area contributed by atoms with Gasteiger partial charge in [-0.15, -0.1) is 0 Å². The Balaban J connectivity index is 1.69. The van der Waals surface area contributed by atoms with E-state index in [1.165, 1.54) is 0 Å². The Morgan fingerprint density at radius 2 is 2.03 bits per heavy atom. The summed E-state index contributed by atoms with van der Waals surface area (Å²) in [6.07, 6.45) is 2.73. The SMILES string of the molecule is CC[C@@H](NC(=O)c1c(Cl)c(C(=O)N2CCC[C@@H]2C)n2c1COCC2)c1ccccc1. The van der Waals surface area contributed by atoms with Crippen LogP contribution >= 0.6 is 11.6 Å². The number of hydrogen-bond donors (Lipinski definition) is 1. The number of likely N-dealkylation sites (tertiary alicyclic amines) is 1. The zero-order valence-corrected chi connectivity index (χ0v) is 18.2. The minimum atomic E-state index is -0.265. The Kier molecular flexibility index (Phi) is 6.16. The van der Waals surface area contributed by atoms with E-state index in [4.69, 9.17) is 16.3 Å². The summed E-state index contributed by atoms with van der Waals surface area (Å²) in [6.45, 7) is 6.09. The van der Waals surface area contributed by atoms with Gasteiger partial charge in [0.15, 0.2) is 0 Å². The monoisotopic (exact) mass is 429 g/mol. The van der Waals surface area contributed by atoms with Crippen LogP contribution in [-0.2, 0) is 17.9 Å². The predicted octanol–water partition coefficient (Wildman–Crippen LogP) is 4.18. The van der Waals surface area contributed by atoms with Gasteiger partial charge in [-0.05, 0) is 31.7 Å². The topological polar surface area (TPSA) is 63.6 Å². The number of ether oxygens (including phenoxy) is 1. The Morgan fingerprint density at radius 1 is 1.27 bits per heavy atom. The maximum Gasteiger partial charge on any atom is 0.272 e. The van der Waals surface area contributed by atoms with Gasteiger partial charge in [0.05, 0.1) is 35.5 Å². The second-order valence-corrected chi connectivity index (χ2v) is 8.40. The molecule has 0 aliphatic carbocycles. The molecule has 0 bridgehead atoms. The highest BCUT2D eigenvalue weighted by Crippen LogP contribution is 2.34. The van der Waals surface area contributed by atoms with Gasteiger partial charge in [-0.25, -0.2) is 0 Å². The van der Waals surface area contributed by atoms with Crippen molar-refractivity contribution < 1.29 is 14.3 Å². The molecule has 3 heterocycles. The van der Waals surface area contributed by atoms with Crippen LogP contribution in [0.25, 0.3) is 0 Å². The number of hydrogen-bond acceptors (Lipinski definition) is 3. The molecule has 0 unspecified atom stereocenters. The number of carbonyl (C=O) groups is 2. The Bertz CT molecular complexity index is 941. The van der Waals surface area contributed by atoms with Crippen molar-refractivity contribution in [3.63, 3.8) is 0 Å². The summed E-state index contributed by atoms with van der Waals surface area (Å²) in [5.74, 6) is -0.360. The average Bonchev–Trinajstić information content (AvgIpc) is 3.32. The van der Waals surface area contributed by atoms with Gasteiger partial charge in [0.1, 0.15) is 5.69 Å². The first-order chi connectivity index (χ1) is 14.5. The van der Waals surface area contributed by atoms with Crippen molar-refractivity contribution in [1.29, 1.82) is 0 Å². The molecule has 160 valence electrons. The van der Waals surface area contributed by atoms with Crippen LogP contribution in [0.5, 0.6) is 0 Å². The molecule has 0 saturated carbocycles. The van der Waals surface area contributed by atoms with Crippen molar-refractivity contribution in [3.05, 3.63) is 57.9 Å². The summed E-state index contributed by atoms with van der Waals surface area (Å²) < 4.78 is 7.50. The van der Waals surface area contributed by atoms with Gasteiger partial charge in [0.25, 0.3) is 11.8 Å². The van der Waals surface area contributed by atoms with E-state index in [1.807, 2.05) is 46.7 Å². The van der Waals surface area contributed by atoms with E-state index in [1.54, 1.807) is 0 Å². The fraction of sp³-hybridized carbons (Fsp3) is 0.478. The number of benzene rings is 1. The summed E-state index contributed by atoms with van der Waals surface area (Å²) >= 11 is 6.72. The number of aromatic nitrogens is 1. The predicted molar refractivity (Wildman–Crippen MR) is 116 cm³/mol. The number of rotatable bonds is 5. The van der Waals surface area contributed by atoms with Gasteiger partial charge >= 0.3 is 0 Å². The third kappa shape index (κ3) is 3.74. The van der Waals surface area contributed by atoms with Crippen molar-refractivity contribution in [2.45, 2.75) is 58.3 Å². The number of fused-ring (bicyclic) bond motifs is 1. The smallest absolute Gasteiger partial charge is 0.272 e. The Hall–Kier alpha value is -2.31. The molecule has 1 saturated heterocycles. The minimum Gasteiger partial charge on any atom is -0.373 e. The molecule has 1 N–H and O–H groups in total. The highest BCUT2D eigenvalue weighted by atomic mass is 35.5. The van der Waals surface area contributed by atoms with Crippen LogP contribution in [0.2, 0.25) is 5.02 Å². The van der Waals surface area contributed by atoms with E-state index in [-0.39, 0.29) is 35.5 Å². The lowest BCUT2D eigenvalue weighted by molar-refractivity contribution is 0.0684. The molecule has 1 aromatic carbocycles. The molecule has 7 heteroatoms. The van der Waals surface area contributed by atoms with Crippen LogP contribution < -0.4 is 5.32 Å². The van der Waals surface area contributed by atoms with Gasteiger partial charge in [-0.2, -0.15) is 0 Å². The van der Waals surface area contributed by atoms with E-state index >= 15 is 0 Å². The molecule has 4 rings (SSSR count). The van der Waals surface area contributed by atoms with Crippen molar-refractivity contribution in [3.8, 4) is 0 Å². The number of nitrogens with one attached hydrogen (secondary N) is 1. The van der Waals surface area contributed by atoms with Gasteiger partial charge in [0.2, 0.25) is 0 Å². The summed E-state index contributed by atoms with van der Waals surface area (Å²) in [5.41, 5.74) is 2.50. The maximum absolute atomic E-state index is 13.3. The van der Waals surface area contributed by atoms with Crippen LogP contribution in [0.1, 0.15) is 71.3 Å². The standard InChI is InChI=1S/C23H28ClN3O3/c1-3-17(16-9-5-4-6-10-16)25-22(28)19-18-14-30-13-12-27(18)21(20(19)24)23(29)26-11-7-8-15(26)2/h4-6,9-10,15,17H,3,7-8,11-14H2,1-2H3,(H,25,28)/t15-,17+/m0/s1. The zero-order valence-electron chi connectivity index (χ0n) is 17.5. The fourth-order valence-corrected chi connectivity index (χ4v) is 4.88. The minimum absolute atomic E-state index is 0.0951. The fourth-order valence-electron chi connectivity index (χ4n) is 4.50. The van der Waals surface area contributed by atoms with E-state index < -0.39 is 0 Å². The van der Waals surface area contributed by atoms with Gasteiger partial charge in [-0.3, -0.25) is 9.59 Å². The largest absolute Gasteiger partial charge is 0.373 e. The molecule has 30 heavy (non-hydrogen) atoms. The molecular formula is C23H28ClN3O3. The lowest BCUT2D eigenvalue weighted by Crippen LogP contribution is -2.36. The summed E-state index contributed by atoms with van der Waals surface area (Å²) in [7, 11) is 0. The highest BCUT2D eigenvalue weighted by molar-refractivity contribution is 6.37. The number of carbonyl (C=O) groups excluding carboxylic acids is 2. The summed E-state index contributed by atoms with van der Waals surface area (Å²) in [4.78, 5) is 28.5. The van der Waals surface area contributed by atoms with E-state index in [2.05, 4.69) is 12.2 Å². The van der Waals surface area contributed by atoms with Gasteiger partial charge in [-0.1, -0.05) is 48.9 Å². The first-order valence-corrected chi connectivity index (χ1v) is 11.1. The lowest BCUT2D eigenvalue weighted by atomic mass is 10.0. The van der Waals surface area contributed by atoms with Gasteiger partial charge in [0, 0.05) is 19.1 Å². The van der Waals surface area contributed by atoms with E-state index in [0.29, 0.717) is 30.1 Å². The van der Waals surface area contributed by atoms with Crippen LogP contribution in [-0.4, -0.2) is 40.5 Å². The molecule has 1 fully saturated rings. The Labute approximate surface area is 182 Å². The second-order valence-electron chi connectivity index (χ2n) is 8.02. The molecule has 6 nitrogen and oxygen atoms in total. The third-order valence-electron chi connectivity index (χ3n) is 6.17. The normalized spacial score (nSPS) is 19.4. The zero-order chi connectivity index (χ0) is 21.3. The Morgan fingerprint density at radius 3 is 2.70 bits per heavy atom. The third-order valence-corrected chi connectivity index (χ3v) is 6.54. The number of amides is 2. The molecule has 1 aromatic heterocycles. The highest BCUT2D eigenvalue weighted by Gasteiger charge is 2.36. The van der Waals surface area contributed by atoms with Crippen LogP contribution in [0.3, 0.4) is 0 Å². The number of nitrogens with zero attached hydrogens (tertiary/aromatic N) is 2. The first kappa shape index (κ1) is 20.9.